The highest BCUT2D eigenvalue weighted by Crippen LogP contribution is 2.34. The zero-order valence-electron chi connectivity index (χ0n) is 17.1. The molecule has 1 N–H and O–H groups in total. The number of aromatic nitrogens is 2. The second kappa shape index (κ2) is 8.10. The van der Waals surface area contributed by atoms with Crippen LogP contribution in [0.2, 0.25) is 0 Å². The molecule has 9 heteroatoms. The number of rotatable bonds is 5. The molecule has 1 amide bonds. The normalized spacial score (nSPS) is 15.4. The lowest BCUT2D eigenvalue weighted by molar-refractivity contribution is -0.151. The van der Waals surface area contributed by atoms with Crippen LogP contribution in [0.1, 0.15) is 11.1 Å². The number of carboxylic acid groups (broad SMARTS) is 1. The van der Waals surface area contributed by atoms with Crippen molar-refractivity contribution in [3.05, 3.63) is 64.2 Å². The van der Waals surface area contributed by atoms with Crippen LogP contribution in [0.25, 0.3) is 10.9 Å². The topological polar surface area (TPSA) is 111 Å². The maximum atomic E-state index is 13.1. The van der Waals surface area contributed by atoms with Gasteiger partial charge in [-0.3, -0.25) is 14.2 Å². The molecule has 0 saturated heterocycles. The summed E-state index contributed by atoms with van der Waals surface area (Å²) in [5.41, 5.74) is 1.73. The van der Waals surface area contributed by atoms with Crippen molar-refractivity contribution in [1.29, 1.82) is 0 Å². The molecule has 0 saturated carbocycles. The summed E-state index contributed by atoms with van der Waals surface area (Å²) in [5, 5.41) is 10.1. The summed E-state index contributed by atoms with van der Waals surface area (Å²) in [4.78, 5) is 43.2. The van der Waals surface area contributed by atoms with Crippen LogP contribution >= 0.6 is 0 Å². The average Bonchev–Trinajstić information content (AvgIpc) is 2.79. The van der Waals surface area contributed by atoms with E-state index in [0.717, 1.165) is 11.1 Å². The minimum atomic E-state index is -1.11. The van der Waals surface area contributed by atoms with Gasteiger partial charge in [-0.15, -0.1) is 0 Å². The standard InChI is InChI=1S/C22H21N3O6/c1-30-18-8-13-7-17(22(28)29)25(10-14(13)9-19(18)31-2)20(26)11-24-12-23-16-6-4-3-5-15(16)21(24)27/h3-6,8-9,12,17H,7,10-11H2,1-2H3,(H,28,29). The number of fused-ring (bicyclic) bond motifs is 2. The van der Waals surface area contributed by atoms with Crippen LogP contribution in [-0.4, -0.2) is 51.7 Å². The summed E-state index contributed by atoms with van der Waals surface area (Å²) < 4.78 is 11.8. The molecule has 2 aromatic carbocycles. The second-order valence-electron chi connectivity index (χ2n) is 7.25. The molecule has 1 atom stereocenters. The molecule has 1 aliphatic heterocycles. The highest BCUT2D eigenvalue weighted by atomic mass is 16.5. The van der Waals surface area contributed by atoms with Gasteiger partial charge in [0.15, 0.2) is 11.5 Å². The highest BCUT2D eigenvalue weighted by Gasteiger charge is 2.35. The molecule has 3 aromatic rings. The maximum Gasteiger partial charge on any atom is 0.326 e. The molecule has 1 aromatic heterocycles. The van der Waals surface area contributed by atoms with Crippen molar-refractivity contribution in [1.82, 2.24) is 14.5 Å². The van der Waals surface area contributed by atoms with E-state index in [0.29, 0.717) is 22.4 Å². The van der Waals surface area contributed by atoms with E-state index in [-0.39, 0.29) is 25.1 Å². The number of carbonyl (C=O) groups is 2. The van der Waals surface area contributed by atoms with E-state index < -0.39 is 17.9 Å². The predicted octanol–water partition coefficient (Wildman–Crippen LogP) is 1.45. The number of methoxy groups -OCH3 is 2. The molecule has 4 rings (SSSR count). The summed E-state index contributed by atoms with van der Waals surface area (Å²) in [6.07, 6.45) is 1.44. The number of nitrogens with zero attached hydrogens (tertiary/aromatic N) is 3. The lowest BCUT2D eigenvalue weighted by Gasteiger charge is -2.35. The van der Waals surface area contributed by atoms with E-state index >= 15 is 0 Å². The van der Waals surface area contributed by atoms with E-state index in [1.54, 1.807) is 36.4 Å². The van der Waals surface area contributed by atoms with Gasteiger partial charge in [0.1, 0.15) is 12.6 Å². The Morgan fingerprint density at radius 3 is 2.48 bits per heavy atom. The van der Waals surface area contributed by atoms with Gasteiger partial charge in [0.2, 0.25) is 5.91 Å². The molecule has 9 nitrogen and oxygen atoms in total. The van der Waals surface area contributed by atoms with Crippen LogP contribution in [0.4, 0.5) is 0 Å². The Bertz CT molecular complexity index is 1240. The fourth-order valence-corrected chi connectivity index (χ4v) is 3.85. The van der Waals surface area contributed by atoms with Gasteiger partial charge in [-0.05, 0) is 35.4 Å². The lowest BCUT2D eigenvalue weighted by Crippen LogP contribution is -2.50. The van der Waals surface area contributed by atoms with E-state index in [9.17, 15) is 19.5 Å². The molecular weight excluding hydrogens is 402 g/mol. The number of ether oxygens (including phenoxy) is 2. The summed E-state index contributed by atoms with van der Waals surface area (Å²) >= 11 is 0. The largest absolute Gasteiger partial charge is 0.493 e. The van der Waals surface area contributed by atoms with Crippen molar-refractivity contribution in [2.45, 2.75) is 25.6 Å². The molecular formula is C22H21N3O6. The van der Waals surface area contributed by atoms with Crippen LogP contribution in [0.15, 0.2) is 47.5 Å². The third-order valence-electron chi connectivity index (χ3n) is 5.48. The molecule has 0 bridgehead atoms. The fraction of sp³-hybridized carbons (Fsp3) is 0.273. The summed E-state index contributed by atoms with van der Waals surface area (Å²) in [7, 11) is 3.02. The van der Waals surface area contributed by atoms with Gasteiger partial charge >= 0.3 is 5.97 Å². The fourth-order valence-electron chi connectivity index (χ4n) is 3.85. The Morgan fingerprint density at radius 2 is 1.81 bits per heavy atom. The number of amides is 1. The van der Waals surface area contributed by atoms with Crippen LogP contribution in [-0.2, 0) is 29.1 Å². The number of hydrogen-bond donors (Lipinski definition) is 1. The number of para-hydroxylation sites is 1. The van der Waals surface area contributed by atoms with Gasteiger partial charge in [-0.2, -0.15) is 0 Å². The van der Waals surface area contributed by atoms with Crippen LogP contribution < -0.4 is 15.0 Å². The number of carboxylic acids is 1. The lowest BCUT2D eigenvalue weighted by atomic mass is 9.93. The van der Waals surface area contributed by atoms with Gasteiger partial charge in [-0.1, -0.05) is 12.1 Å². The van der Waals surface area contributed by atoms with Gasteiger partial charge < -0.3 is 19.5 Å². The molecule has 0 spiro atoms. The maximum absolute atomic E-state index is 13.1. The summed E-state index contributed by atoms with van der Waals surface area (Å²) in [6, 6.07) is 9.29. The summed E-state index contributed by atoms with van der Waals surface area (Å²) in [6.45, 7) is -0.218. The van der Waals surface area contributed by atoms with Crippen molar-refractivity contribution in [2.75, 3.05) is 14.2 Å². The summed E-state index contributed by atoms with van der Waals surface area (Å²) in [5.74, 6) is -0.596. The predicted molar refractivity (Wildman–Crippen MR) is 111 cm³/mol. The smallest absolute Gasteiger partial charge is 0.326 e. The van der Waals surface area contributed by atoms with Crippen molar-refractivity contribution < 1.29 is 24.2 Å². The third kappa shape index (κ3) is 3.70. The first-order chi connectivity index (χ1) is 14.9. The minimum absolute atomic E-state index is 0.0846. The van der Waals surface area contributed by atoms with E-state index in [1.165, 1.54) is 30.0 Å². The van der Waals surface area contributed by atoms with Gasteiger partial charge in [0.25, 0.3) is 5.56 Å². The molecule has 0 fully saturated rings. The molecule has 31 heavy (non-hydrogen) atoms. The Labute approximate surface area is 177 Å². The van der Waals surface area contributed by atoms with E-state index in [2.05, 4.69) is 4.98 Å². The van der Waals surface area contributed by atoms with Gasteiger partial charge in [0, 0.05) is 13.0 Å². The Kier molecular flexibility index (Phi) is 5.33. The zero-order valence-corrected chi connectivity index (χ0v) is 17.1. The second-order valence-corrected chi connectivity index (χ2v) is 7.25. The molecule has 1 aliphatic rings. The monoisotopic (exact) mass is 423 g/mol. The Balaban J connectivity index is 1.66. The molecule has 0 radical (unpaired) electrons. The Morgan fingerprint density at radius 1 is 1.13 bits per heavy atom. The molecule has 2 heterocycles. The van der Waals surface area contributed by atoms with Crippen molar-refractivity contribution in [3.63, 3.8) is 0 Å². The molecule has 1 unspecified atom stereocenters. The van der Waals surface area contributed by atoms with Crippen LogP contribution in [0.3, 0.4) is 0 Å². The SMILES string of the molecule is COc1cc2c(cc1OC)CN(C(=O)Cn1cnc3ccccc3c1=O)C(C(=O)O)C2. The van der Waals surface area contributed by atoms with E-state index in [4.69, 9.17) is 9.47 Å². The number of carbonyl (C=O) groups excluding carboxylic acids is 1. The third-order valence-corrected chi connectivity index (χ3v) is 5.48. The molecule has 0 aliphatic carbocycles. The van der Waals surface area contributed by atoms with Crippen LogP contribution in [0.5, 0.6) is 11.5 Å². The number of aliphatic carboxylic acids is 1. The first-order valence-corrected chi connectivity index (χ1v) is 9.63. The van der Waals surface area contributed by atoms with E-state index in [1.807, 2.05) is 0 Å². The van der Waals surface area contributed by atoms with Crippen molar-refractivity contribution in [3.8, 4) is 11.5 Å². The zero-order chi connectivity index (χ0) is 22.1. The van der Waals surface area contributed by atoms with Crippen molar-refractivity contribution >= 4 is 22.8 Å². The van der Waals surface area contributed by atoms with Crippen LogP contribution in [0, 0.1) is 0 Å². The molecule has 160 valence electrons. The quantitative estimate of drug-likeness (QED) is 0.661. The minimum Gasteiger partial charge on any atom is -0.493 e. The first-order valence-electron chi connectivity index (χ1n) is 9.63. The number of hydrogen-bond acceptors (Lipinski definition) is 6. The van der Waals surface area contributed by atoms with Gasteiger partial charge in [0.05, 0.1) is 31.4 Å². The Hall–Kier alpha value is -3.88. The number of benzene rings is 2. The first kappa shape index (κ1) is 20.4. The highest BCUT2D eigenvalue weighted by molar-refractivity contribution is 5.85. The van der Waals surface area contributed by atoms with Gasteiger partial charge in [-0.25, -0.2) is 9.78 Å². The van der Waals surface area contributed by atoms with Crippen molar-refractivity contribution in [2.24, 2.45) is 0 Å². The average molecular weight is 423 g/mol.